The van der Waals surface area contributed by atoms with E-state index < -0.39 is 22.8 Å². The summed E-state index contributed by atoms with van der Waals surface area (Å²) in [5, 5.41) is 14.3. The largest absolute Gasteiger partial charge is 0.462 e. The Morgan fingerprint density at radius 1 is 0.881 bits per heavy atom. The van der Waals surface area contributed by atoms with Crippen molar-refractivity contribution < 1.29 is 28.8 Å². The Labute approximate surface area is 240 Å². The molecule has 4 aromatic carbocycles. The molecule has 1 aromatic heterocycles. The zero-order chi connectivity index (χ0) is 29.8. The number of aromatic nitrogens is 1. The van der Waals surface area contributed by atoms with E-state index >= 15 is 0 Å². The monoisotopic (exact) mass is 563 g/mol. The maximum Gasteiger partial charge on any atom is 0.345 e. The van der Waals surface area contributed by atoms with Gasteiger partial charge in [-0.05, 0) is 62.4 Å². The molecule has 0 bridgehead atoms. The minimum Gasteiger partial charge on any atom is -0.462 e. The van der Waals surface area contributed by atoms with Crippen LogP contribution >= 0.6 is 0 Å². The van der Waals surface area contributed by atoms with E-state index in [1.54, 1.807) is 37.3 Å². The Morgan fingerprint density at radius 2 is 1.62 bits per heavy atom. The number of hydrogen-bond acceptors (Lipinski definition) is 7. The maximum atomic E-state index is 13.3. The molecule has 10 heteroatoms. The van der Waals surface area contributed by atoms with Crippen LogP contribution in [0.2, 0.25) is 0 Å². The van der Waals surface area contributed by atoms with Gasteiger partial charge in [-0.2, -0.15) is 0 Å². The highest BCUT2D eigenvalue weighted by atomic mass is 16.6. The Morgan fingerprint density at radius 3 is 2.36 bits per heavy atom. The van der Waals surface area contributed by atoms with Crippen LogP contribution in [0.25, 0.3) is 16.6 Å². The van der Waals surface area contributed by atoms with Crippen LogP contribution in [-0.4, -0.2) is 33.9 Å². The van der Waals surface area contributed by atoms with Gasteiger partial charge in [0, 0.05) is 34.5 Å². The molecule has 0 radical (unpaired) electrons. The molecule has 1 amide bonds. The van der Waals surface area contributed by atoms with Crippen molar-refractivity contribution in [1.29, 1.82) is 0 Å². The summed E-state index contributed by atoms with van der Waals surface area (Å²) in [4.78, 5) is 49.6. The fourth-order valence-corrected chi connectivity index (χ4v) is 4.72. The third-order valence-corrected chi connectivity index (χ3v) is 6.59. The zero-order valence-corrected chi connectivity index (χ0v) is 22.7. The average Bonchev–Trinajstić information content (AvgIpc) is 3.28. The van der Waals surface area contributed by atoms with Gasteiger partial charge >= 0.3 is 11.9 Å². The van der Waals surface area contributed by atoms with Crippen molar-refractivity contribution in [2.75, 3.05) is 11.9 Å². The van der Waals surface area contributed by atoms with E-state index in [1.807, 2.05) is 41.8 Å². The molecule has 42 heavy (non-hydrogen) atoms. The van der Waals surface area contributed by atoms with Gasteiger partial charge in [0.15, 0.2) is 0 Å². The van der Waals surface area contributed by atoms with Gasteiger partial charge < -0.3 is 19.4 Å². The lowest BCUT2D eigenvalue weighted by atomic mass is 10.1. The molecule has 1 heterocycles. The molecule has 1 N–H and O–H groups in total. The van der Waals surface area contributed by atoms with Crippen LogP contribution < -0.4 is 10.1 Å². The summed E-state index contributed by atoms with van der Waals surface area (Å²) < 4.78 is 13.0. The summed E-state index contributed by atoms with van der Waals surface area (Å²) in [6.45, 7) is 3.75. The molecule has 0 atom stereocenters. The number of para-hydroxylation sites is 2. The number of esters is 2. The van der Waals surface area contributed by atoms with Crippen molar-refractivity contribution in [1.82, 2.24) is 4.57 Å². The van der Waals surface area contributed by atoms with Crippen molar-refractivity contribution in [3.8, 4) is 11.4 Å². The Kier molecular flexibility index (Phi) is 7.78. The Hall–Kier alpha value is -5.77. The predicted octanol–water partition coefficient (Wildman–Crippen LogP) is 6.50. The summed E-state index contributed by atoms with van der Waals surface area (Å²) in [6, 6.07) is 26.1. The second-order valence-corrected chi connectivity index (χ2v) is 9.23. The Balaban J connectivity index is 1.47. The summed E-state index contributed by atoms with van der Waals surface area (Å²) in [6.07, 6.45) is 0. The van der Waals surface area contributed by atoms with Crippen LogP contribution in [0.5, 0.6) is 5.75 Å². The smallest absolute Gasteiger partial charge is 0.345 e. The molecular formula is C32H25N3O7. The van der Waals surface area contributed by atoms with Crippen LogP contribution in [0, 0.1) is 17.0 Å². The lowest BCUT2D eigenvalue weighted by Crippen LogP contribution is -2.17. The highest BCUT2D eigenvalue weighted by Gasteiger charge is 2.23. The first-order valence-electron chi connectivity index (χ1n) is 13.0. The van der Waals surface area contributed by atoms with E-state index in [1.165, 1.54) is 30.3 Å². The highest BCUT2D eigenvalue weighted by Crippen LogP contribution is 2.33. The normalized spacial score (nSPS) is 10.7. The zero-order valence-electron chi connectivity index (χ0n) is 22.7. The van der Waals surface area contributed by atoms with Crippen molar-refractivity contribution in [3.05, 3.63) is 130 Å². The summed E-state index contributed by atoms with van der Waals surface area (Å²) in [5.74, 6) is -1.69. The van der Waals surface area contributed by atoms with E-state index in [4.69, 9.17) is 9.47 Å². The summed E-state index contributed by atoms with van der Waals surface area (Å²) in [5.41, 5.74) is 2.68. The SMILES string of the molecule is CCOC(=O)c1c(C)n(-c2ccccc2)c2ccc(OC(=O)c3ccccc3NC(=O)c3cccc([N+](=O)[O-])c3)cc12. The van der Waals surface area contributed by atoms with Crippen LogP contribution in [0.1, 0.15) is 43.7 Å². The van der Waals surface area contributed by atoms with E-state index in [2.05, 4.69) is 5.32 Å². The molecule has 0 saturated heterocycles. The number of nitro benzene ring substituents is 1. The first kappa shape index (κ1) is 27.8. The van der Waals surface area contributed by atoms with Crippen LogP contribution in [-0.2, 0) is 4.74 Å². The number of ether oxygens (including phenoxy) is 2. The second-order valence-electron chi connectivity index (χ2n) is 9.23. The lowest BCUT2D eigenvalue weighted by Gasteiger charge is -2.11. The number of benzene rings is 4. The molecular weight excluding hydrogens is 538 g/mol. The van der Waals surface area contributed by atoms with Crippen molar-refractivity contribution in [2.24, 2.45) is 0 Å². The fraction of sp³-hybridized carbons (Fsp3) is 0.0938. The van der Waals surface area contributed by atoms with Gasteiger partial charge in [0.25, 0.3) is 11.6 Å². The number of nitrogens with one attached hydrogen (secondary N) is 1. The van der Waals surface area contributed by atoms with E-state index in [9.17, 15) is 24.5 Å². The number of anilines is 1. The molecule has 5 aromatic rings. The molecule has 10 nitrogen and oxygen atoms in total. The third-order valence-electron chi connectivity index (χ3n) is 6.59. The highest BCUT2D eigenvalue weighted by molar-refractivity contribution is 6.09. The van der Waals surface area contributed by atoms with E-state index in [0.29, 0.717) is 16.6 Å². The quantitative estimate of drug-likeness (QED) is 0.0988. The van der Waals surface area contributed by atoms with Gasteiger partial charge in [-0.3, -0.25) is 14.9 Å². The van der Waals surface area contributed by atoms with E-state index in [-0.39, 0.29) is 34.9 Å². The van der Waals surface area contributed by atoms with Gasteiger partial charge in [0.1, 0.15) is 5.75 Å². The maximum absolute atomic E-state index is 13.3. The average molecular weight is 564 g/mol. The van der Waals surface area contributed by atoms with Crippen molar-refractivity contribution >= 4 is 40.1 Å². The molecule has 0 unspecified atom stereocenters. The van der Waals surface area contributed by atoms with Crippen LogP contribution in [0.3, 0.4) is 0 Å². The molecule has 5 rings (SSSR count). The van der Waals surface area contributed by atoms with Gasteiger partial charge in [-0.25, -0.2) is 9.59 Å². The Bertz CT molecular complexity index is 1840. The van der Waals surface area contributed by atoms with Gasteiger partial charge in [-0.1, -0.05) is 36.4 Å². The molecule has 0 aliphatic rings. The van der Waals surface area contributed by atoms with E-state index in [0.717, 1.165) is 17.3 Å². The van der Waals surface area contributed by atoms with Gasteiger partial charge in [0.05, 0.1) is 33.9 Å². The topological polar surface area (TPSA) is 130 Å². The minimum absolute atomic E-state index is 0.0580. The predicted molar refractivity (Wildman–Crippen MR) is 156 cm³/mol. The first-order valence-corrected chi connectivity index (χ1v) is 13.0. The number of amides is 1. The number of nitro groups is 1. The molecule has 0 aliphatic heterocycles. The number of nitrogens with zero attached hydrogens (tertiary/aromatic N) is 2. The number of fused-ring (bicyclic) bond motifs is 1. The minimum atomic E-state index is -0.749. The standard InChI is InChI=1S/C32H25N3O7/c1-3-41-32(38)29-20(2)34(22-11-5-4-6-12-22)28-17-16-24(19-26(28)29)42-31(37)25-14-7-8-15-27(25)33-30(36)21-10-9-13-23(18-21)35(39)40/h4-19H,3H2,1-2H3,(H,33,36). The first-order chi connectivity index (χ1) is 20.3. The molecule has 0 saturated carbocycles. The summed E-state index contributed by atoms with van der Waals surface area (Å²) >= 11 is 0. The molecule has 0 spiro atoms. The fourth-order valence-electron chi connectivity index (χ4n) is 4.72. The van der Waals surface area contributed by atoms with Gasteiger partial charge in [0.2, 0.25) is 0 Å². The number of carbonyl (C=O) groups excluding carboxylic acids is 3. The number of hydrogen-bond donors (Lipinski definition) is 1. The van der Waals surface area contributed by atoms with Crippen molar-refractivity contribution in [3.63, 3.8) is 0 Å². The summed E-state index contributed by atoms with van der Waals surface area (Å²) in [7, 11) is 0. The van der Waals surface area contributed by atoms with Gasteiger partial charge in [-0.15, -0.1) is 0 Å². The number of rotatable bonds is 8. The molecule has 0 fully saturated rings. The third kappa shape index (κ3) is 5.46. The van der Waals surface area contributed by atoms with Crippen LogP contribution in [0.15, 0.2) is 97.1 Å². The van der Waals surface area contributed by atoms with Crippen molar-refractivity contribution in [2.45, 2.75) is 13.8 Å². The number of non-ortho nitro benzene ring substituents is 1. The molecule has 0 aliphatic carbocycles. The second kappa shape index (κ2) is 11.8. The lowest BCUT2D eigenvalue weighted by molar-refractivity contribution is -0.384. The number of carbonyl (C=O) groups is 3. The van der Waals surface area contributed by atoms with Crippen LogP contribution in [0.4, 0.5) is 11.4 Å². The molecule has 210 valence electrons.